The van der Waals surface area contributed by atoms with Crippen LogP contribution < -0.4 is 16.5 Å². The molecule has 2 aliphatic rings. The Morgan fingerprint density at radius 1 is 1.26 bits per heavy atom. The summed E-state index contributed by atoms with van der Waals surface area (Å²) in [4.78, 5) is 4.44. The smallest absolute Gasteiger partial charge is 0.187 e. The maximum Gasteiger partial charge on any atom is 0.187 e. The number of hydrazine groups is 3. The van der Waals surface area contributed by atoms with Gasteiger partial charge in [-0.2, -0.15) is 10.4 Å². The van der Waals surface area contributed by atoms with E-state index in [1.807, 2.05) is 24.3 Å². The monoisotopic (exact) mass is 253 g/mol. The lowest BCUT2D eigenvalue weighted by Gasteiger charge is -2.22. The summed E-state index contributed by atoms with van der Waals surface area (Å²) in [6.45, 7) is 0.548. The molecular formula is C12H11N7. The van der Waals surface area contributed by atoms with Gasteiger partial charge in [0.25, 0.3) is 0 Å². The second-order valence-electron chi connectivity index (χ2n) is 3.98. The molecule has 0 radical (unpaired) electrons. The lowest BCUT2D eigenvalue weighted by molar-refractivity contribution is 0.259. The van der Waals surface area contributed by atoms with E-state index in [2.05, 4.69) is 32.7 Å². The van der Waals surface area contributed by atoms with E-state index in [0.29, 0.717) is 12.1 Å². The summed E-state index contributed by atoms with van der Waals surface area (Å²) < 4.78 is 0. The van der Waals surface area contributed by atoms with Crippen molar-refractivity contribution in [2.45, 2.75) is 6.54 Å². The van der Waals surface area contributed by atoms with Gasteiger partial charge in [-0.1, -0.05) is 12.1 Å². The van der Waals surface area contributed by atoms with Crippen LogP contribution in [0.1, 0.15) is 11.1 Å². The van der Waals surface area contributed by atoms with Crippen LogP contribution in [0.5, 0.6) is 0 Å². The van der Waals surface area contributed by atoms with Crippen molar-refractivity contribution in [1.82, 2.24) is 21.6 Å². The van der Waals surface area contributed by atoms with Gasteiger partial charge >= 0.3 is 0 Å². The Hall–Kier alpha value is -2.85. The Morgan fingerprint density at radius 2 is 2.11 bits per heavy atom. The molecule has 0 aliphatic carbocycles. The minimum atomic E-state index is 0.548. The number of hydrogen-bond acceptors (Lipinski definition) is 6. The van der Waals surface area contributed by atoms with Gasteiger partial charge in [0.2, 0.25) is 0 Å². The first-order chi connectivity index (χ1) is 9.35. The molecule has 0 bridgehead atoms. The van der Waals surface area contributed by atoms with Crippen molar-refractivity contribution in [2.75, 3.05) is 0 Å². The highest BCUT2D eigenvalue weighted by Crippen LogP contribution is 2.06. The summed E-state index contributed by atoms with van der Waals surface area (Å²) in [5.41, 5.74) is 10.2. The molecule has 2 aliphatic heterocycles. The van der Waals surface area contributed by atoms with E-state index in [-0.39, 0.29) is 0 Å². The van der Waals surface area contributed by atoms with Crippen molar-refractivity contribution in [3.8, 4) is 6.07 Å². The third-order valence-electron chi connectivity index (χ3n) is 2.69. The predicted octanol–water partition coefficient (Wildman–Crippen LogP) is 0.169. The molecule has 0 amide bonds. The van der Waals surface area contributed by atoms with Crippen LogP contribution in [0.25, 0.3) is 0 Å². The summed E-state index contributed by atoms with van der Waals surface area (Å²) >= 11 is 0. The highest BCUT2D eigenvalue weighted by Gasteiger charge is 2.18. The topological polar surface area (TPSA) is 87.8 Å². The summed E-state index contributed by atoms with van der Waals surface area (Å²) in [6.07, 6.45) is 3.70. The second-order valence-corrected chi connectivity index (χ2v) is 3.98. The molecule has 7 heteroatoms. The Balaban J connectivity index is 1.68. The van der Waals surface area contributed by atoms with Gasteiger partial charge in [-0.3, -0.25) is 10.4 Å². The Bertz CT molecular complexity index is 606. The van der Waals surface area contributed by atoms with E-state index < -0.39 is 0 Å². The minimum Gasteiger partial charge on any atom is -0.264 e. The van der Waals surface area contributed by atoms with E-state index in [1.54, 1.807) is 17.3 Å². The van der Waals surface area contributed by atoms with Crippen LogP contribution in [0.3, 0.4) is 0 Å². The van der Waals surface area contributed by atoms with Gasteiger partial charge in [0, 0.05) is 0 Å². The summed E-state index contributed by atoms with van der Waals surface area (Å²) in [5, 5.41) is 14.3. The van der Waals surface area contributed by atoms with Gasteiger partial charge in [0.15, 0.2) is 5.84 Å². The number of nitrogens with one attached hydrogen (secondary N) is 3. The predicted molar refractivity (Wildman–Crippen MR) is 70.1 cm³/mol. The number of benzene rings is 1. The van der Waals surface area contributed by atoms with Gasteiger partial charge in [-0.05, 0) is 29.8 Å². The van der Waals surface area contributed by atoms with Gasteiger partial charge < -0.3 is 0 Å². The zero-order chi connectivity index (χ0) is 13.1. The molecule has 3 rings (SSSR count). The van der Waals surface area contributed by atoms with E-state index in [0.717, 1.165) is 17.2 Å². The van der Waals surface area contributed by atoms with Crippen LogP contribution in [-0.2, 0) is 6.54 Å². The Kier molecular flexibility index (Phi) is 2.84. The SMILES string of the molecule is N#Cc1ccc(CN=C2C=CC3=NNNN3N2)cc1. The fraction of sp³-hybridized carbons (Fsp3) is 0.0833. The second kappa shape index (κ2) is 4.80. The third kappa shape index (κ3) is 2.38. The standard InChI is InChI=1S/C12H11N7/c13-7-9-1-3-10(4-2-9)8-14-11-5-6-12-15-17-18-19(12)16-11/h1-6,17-18H,8H2,(H,14,16). The molecule has 7 nitrogen and oxygen atoms in total. The lowest BCUT2D eigenvalue weighted by atomic mass is 10.1. The number of rotatable bonds is 2. The van der Waals surface area contributed by atoms with E-state index >= 15 is 0 Å². The van der Waals surface area contributed by atoms with Gasteiger partial charge in [0.1, 0.15) is 5.84 Å². The molecule has 0 spiro atoms. The van der Waals surface area contributed by atoms with Crippen molar-refractivity contribution in [1.29, 1.82) is 5.26 Å². The molecule has 1 aromatic rings. The maximum atomic E-state index is 8.72. The van der Waals surface area contributed by atoms with Gasteiger partial charge in [0.05, 0.1) is 18.2 Å². The first-order valence-corrected chi connectivity index (χ1v) is 5.72. The number of fused-ring (bicyclic) bond motifs is 1. The number of hydrogen-bond donors (Lipinski definition) is 3. The van der Waals surface area contributed by atoms with E-state index in [4.69, 9.17) is 5.26 Å². The van der Waals surface area contributed by atoms with Crippen LogP contribution in [0.2, 0.25) is 0 Å². The first-order valence-electron chi connectivity index (χ1n) is 5.72. The third-order valence-corrected chi connectivity index (χ3v) is 2.69. The normalized spacial score (nSPS) is 18.4. The number of hydrazone groups is 1. The largest absolute Gasteiger partial charge is 0.264 e. The Labute approximate surface area is 109 Å². The first kappa shape index (κ1) is 11.3. The van der Waals surface area contributed by atoms with Crippen LogP contribution in [0.4, 0.5) is 0 Å². The molecular weight excluding hydrogens is 242 g/mol. The number of aliphatic imine (C=N–C) groups is 1. The fourth-order valence-electron chi connectivity index (χ4n) is 1.69. The molecule has 0 atom stereocenters. The fourth-order valence-corrected chi connectivity index (χ4v) is 1.69. The molecule has 19 heavy (non-hydrogen) atoms. The summed E-state index contributed by atoms with van der Waals surface area (Å²) in [5.74, 6) is 1.48. The summed E-state index contributed by atoms with van der Waals surface area (Å²) in [6, 6.07) is 9.47. The summed E-state index contributed by atoms with van der Waals surface area (Å²) in [7, 11) is 0. The zero-order valence-corrected chi connectivity index (χ0v) is 9.96. The van der Waals surface area contributed by atoms with E-state index in [9.17, 15) is 0 Å². The van der Waals surface area contributed by atoms with Crippen LogP contribution in [-0.4, -0.2) is 16.8 Å². The van der Waals surface area contributed by atoms with Crippen molar-refractivity contribution < 1.29 is 0 Å². The van der Waals surface area contributed by atoms with Crippen LogP contribution in [0, 0.1) is 11.3 Å². The molecule has 0 fully saturated rings. The average molecular weight is 253 g/mol. The van der Waals surface area contributed by atoms with Crippen LogP contribution in [0.15, 0.2) is 46.5 Å². The molecule has 1 aromatic carbocycles. The van der Waals surface area contributed by atoms with Gasteiger partial charge in [-0.15, -0.1) is 10.6 Å². The van der Waals surface area contributed by atoms with Gasteiger partial charge in [-0.25, -0.2) is 5.53 Å². The molecule has 0 saturated carbocycles. The number of nitriles is 1. The Morgan fingerprint density at radius 3 is 2.89 bits per heavy atom. The maximum absolute atomic E-state index is 8.72. The highest BCUT2D eigenvalue weighted by atomic mass is 15.9. The van der Waals surface area contributed by atoms with Crippen molar-refractivity contribution in [2.24, 2.45) is 10.1 Å². The molecule has 0 unspecified atom stereocenters. The van der Waals surface area contributed by atoms with Crippen LogP contribution >= 0.6 is 0 Å². The molecule has 0 saturated heterocycles. The molecule has 0 aromatic heterocycles. The number of amidine groups is 2. The quantitative estimate of drug-likeness (QED) is 0.699. The molecule has 94 valence electrons. The molecule has 2 heterocycles. The minimum absolute atomic E-state index is 0.548. The van der Waals surface area contributed by atoms with Crippen molar-refractivity contribution in [3.63, 3.8) is 0 Å². The van der Waals surface area contributed by atoms with Crippen molar-refractivity contribution in [3.05, 3.63) is 47.5 Å². The zero-order valence-electron chi connectivity index (χ0n) is 9.96. The average Bonchev–Trinajstić information content (AvgIpc) is 2.93. The molecule has 3 N–H and O–H groups in total. The lowest BCUT2D eigenvalue weighted by Crippen LogP contribution is -2.53. The van der Waals surface area contributed by atoms with Crippen molar-refractivity contribution >= 4 is 11.7 Å². The number of nitrogens with zero attached hydrogens (tertiary/aromatic N) is 4. The van der Waals surface area contributed by atoms with E-state index in [1.165, 1.54) is 0 Å². The highest BCUT2D eigenvalue weighted by molar-refractivity contribution is 6.06.